The van der Waals surface area contributed by atoms with E-state index in [1.807, 2.05) is 0 Å². The first-order chi connectivity index (χ1) is 8.52. The van der Waals surface area contributed by atoms with E-state index in [9.17, 15) is 0 Å². The molecule has 0 nitrogen and oxygen atoms in total. The van der Waals surface area contributed by atoms with Crippen molar-refractivity contribution in [2.75, 3.05) is 13.3 Å². The summed E-state index contributed by atoms with van der Waals surface area (Å²) in [6.45, 7) is 14.4. The molecule has 0 saturated heterocycles. The van der Waals surface area contributed by atoms with Crippen LogP contribution in [0.1, 0.15) is 40.5 Å². The molecule has 0 N–H and O–H groups in total. The van der Waals surface area contributed by atoms with Crippen LogP contribution < -0.4 is 10.6 Å². The normalized spacial score (nSPS) is 18.1. The molecule has 0 spiro atoms. The fourth-order valence-electron chi connectivity index (χ4n) is 2.08. The van der Waals surface area contributed by atoms with E-state index in [-0.39, 0.29) is 15.8 Å². The summed E-state index contributed by atoms with van der Waals surface area (Å²) < 4.78 is 0. The molecule has 2 heteroatoms. The molecule has 0 aliphatic carbocycles. The Kier molecular flexibility index (Phi) is 6.83. The zero-order valence-corrected chi connectivity index (χ0v) is 14.6. The SMILES string of the molecule is CCC(C)[P@](C)c1ccccc1[P@@](C)C(C)CC. The van der Waals surface area contributed by atoms with E-state index in [0.29, 0.717) is 0 Å². The predicted octanol–water partition coefficient (Wildman–Crippen LogP) is 4.76. The van der Waals surface area contributed by atoms with Gasteiger partial charge in [0.2, 0.25) is 0 Å². The van der Waals surface area contributed by atoms with Crippen LogP contribution in [0.5, 0.6) is 0 Å². The van der Waals surface area contributed by atoms with Gasteiger partial charge in [0.25, 0.3) is 0 Å². The lowest BCUT2D eigenvalue weighted by Crippen LogP contribution is -2.26. The monoisotopic (exact) mass is 282 g/mol. The van der Waals surface area contributed by atoms with Gasteiger partial charge in [0.15, 0.2) is 0 Å². The Morgan fingerprint density at radius 3 is 1.44 bits per heavy atom. The van der Waals surface area contributed by atoms with Crippen LogP contribution in [0.25, 0.3) is 0 Å². The predicted molar refractivity (Wildman–Crippen MR) is 90.9 cm³/mol. The van der Waals surface area contributed by atoms with E-state index < -0.39 is 0 Å². The second-order valence-electron chi connectivity index (χ2n) is 5.23. The average Bonchev–Trinajstić information content (AvgIpc) is 2.43. The summed E-state index contributed by atoms with van der Waals surface area (Å²) in [5, 5.41) is 3.33. The topological polar surface area (TPSA) is 0 Å². The van der Waals surface area contributed by atoms with Crippen LogP contribution >= 0.6 is 15.8 Å². The number of hydrogen-bond acceptors (Lipinski definition) is 0. The molecule has 0 aliphatic rings. The summed E-state index contributed by atoms with van der Waals surface area (Å²) in [6.07, 6.45) is 2.59. The molecule has 0 amide bonds. The van der Waals surface area contributed by atoms with Gasteiger partial charge in [-0.25, -0.2) is 0 Å². The van der Waals surface area contributed by atoms with Crippen molar-refractivity contribution in [1.82, 2.24) is 0 Å². The van der Waals surface area contributed by atoms with E-state index >= 15 is 0 Å². The molecule has 0 aromatic heterocycles. The molecule has 2 unspecified atom stereocenters. The molecule has 0 bridgehead atoms. The first kappa shape index (κ1) is 16.1. The minimum Gasteiger partial charge on any atom is -0.0749 e. The lowest BCUT2D eigenvalue weighted by atomic mass is 10.3. The molecule has 4 atom stereocenters. The summed E-state index contributed by atoms with van der Waals surface area (Å²) in [4.78, 5) is 0. The summed E-state index contributed by atoms with van der Waals surface area (Å²) >= 11 is 0. The molecule has 0 heterocycles. The summed E-state index contributed by atoms with van der Waals surface area (Å²) in [5.41, 5.74) is 1.67. The molecule has 1 rings (SSSR count). The van der Waals surface area contributed by atoms with Crippen molar-refractivity contribution in [3.05, 3.63) is 24.3 Å². The standard InChI is InChI=1S/C16H28P2/c1-7-13(3)17(5)15-11-9-10-12-16(15)18(6)14(4)8-2/h9-14H,7-8H2,1-6H3/t13?,14?,17-,18-/m0/s1. The van der Waals surface area contributed by atoms with Crippen LogP contribution in [0.4, 0.5) is 0 Å². The van der Waals surface area contributed by atoms with Crippen molar-refractivity contribution < 1.29 is 0 Å². The summed E-state index contributed by atoms with van der Waals surface area (Å²) in [7, 11) is -0.00761. The van der Waals surface area contributed by atoms with E-state index in [1.165, 1.54) is 12.8 Å². The highest BCUT2D eigenvalue weighted by molar-refractivity contribution is 7.71. The molecular weight excluding hydrogens is 254 g/mol. The third kappa shape index (κ3) is 3.79. The van der Waals surface area contributed by atoms with Gasteiger partial charge in [0.1, 0.15) is 0 Å². The van der Waals surface area contributed by atoms with Crippen LogP contribution in [0, 0.1) is 0 Å². The van der Waals surface area contributed by atoms with Gasteiger partial charge >= 0.3 is 0 Å². The van der Waals surface area contributed by atoms with Gasteiger partial charge in [-0.1, -0.05) is 67.8 Å². The van der Waals surface area contributed by atoms with Crippen molar-refractivity contribution in [3.63, 3.8) is 0 Å². The maximum atomic E-state index is 2.46. The van der Waals surface area contributed by atoms with Crippen LogP contribution in [0.3, 0.4) is 0 Å². The van der Waals surface area contributed by atoms with Crippen molar-refractivity contribution >= 4 is 26.5 Å². The summed E-state index contributed by atoms with van der Waals surface area (Å²) in [6, 6.07) is 9.21. The highest BCUT2D eigenvalue weighted by atomic mass is 31.1. The zero-order chi connectivity index (χ0) is 13.7. The zero-order valence-electron chi connectivity index (χ0n) is 12.8. The van der Waals surface area contributed by atoms with E-state index in [1.54, 1.807) is 10.6 Å². The Bertz CT molecular complexity index is 327. The van der Waals surface area contributed by atoms with E-state index in [2.05, 4.69) is 65.3 Å². The van der Waals surface area contributed by atoms with Gasteiger partial charge < -0.3 is 0 Å². The molecule has 18 heavy (non-hydrogen) atoms. The molecule has 0 radical (unpaired) electrons. The Morgan fingerprint density at radius 2 is 1.17 bits per heavy atom. The Balaban J connectivity index is 3.06. The number of benzene rings is 1. The maximum absolute atomic E-state index is 2.46. The molecule has 0 saturated carbocycles. The number of hydrogen-bond donors (Lipinski definition) is 0. The second kappa shape index (κ2) is 7.62. The van der Waals surface area contributed by atoms with Crippen molar-refractivity contribution in [2.45, 2.75) is 51.9 Å². The van der Waals surface area contributed by atoms with E-state index in [4.69, 9.17) is 0 Å². The van der Waals surface area contributed by atoms with Crippen LogP contribution in [-0.4, -0.2) is 24.6 Å². The highest BCUT2D eigenvalue weighted by Crippen LogP contribution is 2.43. The maximum Gasteiger partial charge on any atom is -0.0164 e. The average molecular weight is 282 g/mol. The molecular formula is C16H28P2. The van der Waals surface area contributed by atoms with Gasteiger partial charge in [0, 0.05) is 0 Å². The van der Waals surface area contributed by atoms with Gasteiger partial charge in [-0.2, -0.15) is 0 Å². The van der Waals surface area contributed by atoms with Crippen molar-refractivity contribution in [1.29, 1.82) is 0 Å². The third-order valence-corrected chi connectivity index (χ3v) is 10.00. The van der Waals surface area contributed by atoms with Crippen LogP contribution in [-0.2, 0) is 0 Å². The highest BCUT2D eigenvalue weighted by Gasteiger charge is 2.20. The van der Waals surface area contributed by atoms with Crippen molar-refractivity contribution in [3.8, 4) is 0 Å². The summed E-state index contributed by atoms with van der Waals surface area (Å²) in [5.74, 6) is 0. The third-order valence-electron chi connectivity index (χ3n) is 4.15. The molecule has 1 aromatic carbocycles. The van der Waals surface area contributed by atoms with Crippen molar-refractivity contribution in [2.24, 2.45) is 0 Å². The molecule has 0 aliphatic heterocycles. The Morgan fingerprint density at radius 1 is 0.833 bits per heavy atom. The quantitative estimate of drug-likeness (QED) is 0.660. The lowest BCUT2D eigenvalue weighted by Gasteiger charge is -2.27. The lowest BCUT2D eigenvalue weighted by molar-refractivity contribution is 0.896. The van der Waals surface area contributed by atoms with Gasteiger partial charge in [0.05, 0.1) is 0 Å². The smallest absolute Gasteiger partial charge is 0.0164 e. The fraction of sp³-hybridized carbons (Fsp3) is 0.625. The van der Waals surface area contributed by atoms with E-state index in [0.717, 1.165) is 11.3 Å². The van der Waals surface area contributed by atoms with Crippen LogP contribution in [0.2, 0.25) is 0 Å². The van der Waals surface area contributed by atoms with Crippen LogP contribution in [0.15, 0.2) is 24.3 Å². The molecule has 0 fully saturated rings. The largest absolute Gasteiger partial charge is 0.0749 e. The minimum absolute atomic E-state index is 0.00380. The first-order valence-corrected chi connectivity index (χ1v) is 10.8. The Labute approximate surface area is 116 Å². The molecule has 1 aromatic rings. The van der Waals surface area contributed by atoms with Gasteiger partial charge in [-0.05, 0) is 48.1 Å². The fourth-order valence-corrected chi connectivity index (χ4v) is 6.59. The molecule has 102 valence electrons. The van der Waals surface area contributed by atoms with Gasteiger partial charge in [-0.3, -0.25) is 0 Å². The second-order valence-corrected chi connectivity index (χ2v) is 10.4. The Hall–Kier alpha value is 0.0800. The first-order valence-electron chi connectivity index (χ1n) is 7.07. The minimum atomic E-state index is -0.00380. The number of rotatable bonds is 6. The van der Waals surface area contributed by atoms with Gasteiger partial charge in [-0.15, -0.1) is 0 Å².